The van der Waals surface area contributed by atoms with Gasteiger partial charge in [0.1, 0.15) is 11.7 Å². The Morgan fingerprint density at radius 2 is 2.12 bits per heavy atom. The lowest BCUT2D eigenvalue weighted by Gasteiger charge is -2.26. The highest BCUT2D eigenvalue weighted by molar-refractivity contribution is 5.88. The summed E-state index contributed by atoms with van der Waals surface area (Å²) in [5.41, 5.74) is 0.333. The van der Waals surface area contributed by atoms with Crippen molar-refractivity contribution in [2.45, 2.75) is 18.9 Å². The number of amidine groups is 1. The summed E-state index contributed by atoms with van der Waals surface area (Å²) in [5.74, 6) is -0.122. The topological polar surface area (TPSA) is 33.6 Å². The average Bonchev–Trinajstić information content (AvgIpc) is 2.87. The average molecular weight is 238 g/mol. The summed E-state index contributed by atoms with van der Waals surface area (Å²) >= 11 is 0. The van der Waals surface area contributed by atoms with Gasteiger partial charge in [0.2, 0.25) is 0 Å². The van der Waals surface area contributed by atoms with Crippen LogP contribution in [0.15, 0.2) is 17.1 Å². The number of halogens is 2. The second kappa shape index (κ2) is 3.98. The number of nitrogens with zero attached hydrogens (tertiary/aromatic N) is 1. The first kappa shape index (κ1) is 10.5. The Hall–Kier alpha value is -1.65. The maximum Gasteiger partial charge on any atom is 0.165 e. The van der Waals surface area contributed by atoms with E-state index in [0.717, 1.165) is 24.5 Å². The monoisotopic (exact) mass is 238 g/mol. The first-order chi connectivity index (χ1) is 8.25. The van der Waals surface area contributed by atoms with Crippen LogP contribution >= 0.6 is 0 Å². The molecule has 3 rings (SSSR count). The molecule has 0 amide bonds. The van der Waals surface area contributed by atoms with Crippen molar-refractivity contribution in [1.82, 2.24) is 5.32 Å². The van der Waals surface area contributed by atoms with Gasteiger partial charge in [-0.1, -0.05) is 0 Å². The van der Waals surface area contributed by atoms with Crippen LogP contribution in [0.25, 0.3) is 0 Å². The fourth-order valence-electron chi connectivity index (χ4n) is 2.24. The maximum absolute atomic E-state index is 13.6. The van der Waals surface area contributed by atoms with Crippen LogP contribution in [0.3, 0.4) is 0 Å². The van der Waals surface area contributed by atoms with Crippen LogP contribution in [-0.4, -0.2) is 25.0 Å². The SMILES string of the molecule is Fc1ccc(F)c2c1CCC(C1=NCCN1)O2. The number of hydrogen-bond acceptors (Lipinski definition) is 3. The minimum Gasteiger partial charge on any atom is -0.479 e. The molecule has 1 aromatic carbocycles. The molecule has 17 heavy (non-hydrogen) atoms. The van der Waals surface area contributed by atoms with Gasteiger partial charge in [0.25, 0.3) is 0 Å². The van der Waals surface area contributed by atoms with Crippen LogP contribution in [0.2, 0.25) is 0 Å². The molecule has 0 fully saturated rings. The van der Waals surface area contributed by atoms with E-state index in [1.807, 2.05) is 0 Å². The van der Waals surface area contributed by atoms with Gasteiger partial charge in [-0.15, -0.1) is 0 Å². The summed E-state index contributed by atoms with van der Waals surface area (Å²) in [6.45, 7) is 1.50. The van der Waals surface area contributed by atoms with E-state index in [2.05, 4.69) is 10.3 Å². The summed E-state index contributed by atoms with van der Waals surface area (Å²) in [6.07, 6.45) is 0.824. The molecule has 2 aliphatic heterocycles. The van der Waals surface area contributed by atoms with Gasteiger partial charge in [-0.3, -0.25) is 4.99 Å². The molecule has 1 aromatic rings. The molecule has 1 atom stereocenters. The fraction of sp³-hybridized carbons (Fsp3) is 0.417. The molecule has 1 N–H and O–H groups in total. The molecule has 0 spiro atoms. The molecule has 90 valence electrons. The summed E-state index contributed by atoms with van der Waals surface area (Å²) in [4.78, 5) is 4.25. The summed E-state index contributed by atoms with van der Waals surface area (Å²) in [5, 5.41) is 3.10. The number of nitrogens with one attached hydrogen (secondary N) is 1. The van der Waals surface area contributed by atoms with E-state index in [1.165, 1.54) is 0 Å². The van der Waals surface area contributed by atoms with Gasteiger partial charge < -0.3 is 10.1 Å². The van der Waals surface area contributed by atoms with E-state index in [0.29, 0.717) is 24.9 Å². The van der Waals surface area contributed by atoms with Crippen molar-refractivity contribution in [2.24, 2.45) is 4.99 Å². The molecule has 0 aromatic heterocycles. The van der Waals surface area contributed by atoms with E-state index >= 15 is 0 Å². The number of benzene rings is 1. The minimum absolute atomic E-state index is 0.0395. The third-order valence-electron chi connectivity index (χ3n) is 3.08. The third-order valence-corrected chi connectivity index (χ3v) is 3.08. The molecule has 0 saturated heterocycles. The van der Waals surface area contributed by atoms with Gasteiger partial charge in [0.15, 0.2) is 17.7 Å². The minimum atomic E-state index is -0.510. The molecular weight excluding hydrogens is 226 g/mol. The smallest absolute Gasteiger partial charge is 0.165 e. The van der Waals surface area contributed by atoms with E-state index < -0.39 is 11.6 Å². The molecular formula is C12H12F2N2O. The number of fused-ring (bicyclic) bond motifs is 1. The van der Waals surface area contributed by atoms with E-state index in [4.69, 9.17) is 4.74 Å². The zero-order chi connectivity index (χ0) is 11.8. The number of rotatable bonds is 1. The molecule has 0 aliphatic carbocycles. The number of hydrogen-bond donors (Lipinski definition) is 1. The highest BCUT2D eigenvalue weighted by Gasteiger charge is 2.29. The largest absolute Gasteiger partial charge is 0.479 e. The van der Waals surface area contributed by atoms with Gasteiger partial charge >= 0.3 is 0 Å². The first-order valence-electron chi connectivity index (χ1n) is 5.67. The van der Waals surface area contributed by atoms with Gasteiger partial charge in [0, 0.05) is 12.1 Å². The second-order valence-corrected chi connectivity index (χ2v) is 4.18. The van der Waals surface area contributed by atoms with E-state index in [-0.39, 0.29) is 11.9 Å². The standard InChI is InChI=1S/C12H12F2N2O/c13-8-2-3-9(14)11-7(8)1-4-10(17-11)12-15-5-6-16-12/h2-3,10H,1,4-6H2,(H,15,16). The molecule has 2 heterocycles. The van der Waals surface area contributed by atoms with E-state index in [9.17, 15) is 8.78 Å². The fourth-order valence-corrected chi connectivity index (χ4v) is 2.24. The maximum atomic E-state index is 13.6. The van der Waals surface area contributed by atoms with Crippen molar-refractivity contribution in [2.75, 3.05) is 13.1 Å². The van der Waals surface area contributed by atoms with Crippen LogP contribution < -0.4 is 10.1 Å². The molecule has 1 unspecified atom stereocenters. The van der Waals surface area contributed by atoms with Gasteiger partial charge in [-0.2, -0.15) is 0 Å². The van der Waals surface area contributed by atoms with Crippen LogP contribution in [-0.2, 0) is 6.42 Å². The Morgan fingerprint density at radius 3 is 2.88 bits per heavy atom. The molecule has 0 radical (unpaired) electrons. The highest BCUT2D eigenvalue weighted by atomic mass is 19.1. The molecule has 2 aliphatic rings. The van der Waals surface area contributed by atoms with Crippen molar-refractivity contribution in [3.05, 3.63) is 29.3 Å². The van der Waals surface area contributed by atoms with Crippen LogP contribution in [0.4, 0.5) is 8.78 Å². The number of aliphatic imine (C=N–C) groups is 1. The molecule has 0 bridgehead atoms. The Labute approximate surface area is 97.5 Å². The molecule has 3 nitrogen and oxygen atoms in total. The lowest BCUT2D eigenvalue weighted by atomic mass is 10.0. The summed E-state index contributed by atoms with van der Waals surface area (Å²) < 4.78 is 32.5. The zero-order valence-electron chi connectivity index (χ0n) is 9.17. The van der Waals surface area contributed by atoms with E-state index in [1.54, 1.807) is 0 Å². The second-order valence-electron chi connectivity index (χ2n) is 4.18. The van der Waals surface area contributed by atoms with Gasteiger partial charge in [0.05, 0.1) is 6.54 Å². The van der Waals surface area contributed by atoms with Crippen molar-refractivity contribution in [1.29, 1.82) is 0 Å². The normalized spacial score (nSPS) is 22.5. The molecule has 0 saturated carbocycles. The summed E-state index contributed by atoms with van der Waals surface area (Å²) in [6, 6.07) is 2.24. The van der Waals surface area contributed by atoms with Crippen LogP contribution in [0.5, 0.6) is 5.75 Å². The predicted molar refractivity (Wildman–Crippen MR) is 59.4 cm³/mol. The van der Waals surface area contributed by atoms with Crippen molar-refractivity contribution < 1.29 is 13.5 Å². The van der Waals surface area contributed by atoms with Gasteiger partial charge in [-0.05, 0) is 25.0 Å². The van der Waals surface area contributed by atoms with Crippen molar-refractivity contribution in [3.63, 3.8) is 0 Å². The lowest BCUT2D eigenvalue weighted by Crippen LogP contribution is -2.38. The lowest BCUT2D eigenvalue weighted by molar-refractivity contribution is 0.218. The molecule has 5 heteroatoms. The predicted octanol–water partition coefficient (Wildman–Crippen LogP) is 1.66. The summed E-state index contributed by atoms with van der Waals surface area (Å²) in [7, 11) is 0. The Kier molecular flexibility index (Phi) is 2.46. The zero-order valence-corrected chi connectivity index (χ0v) is 9.17. The van der Waals surface area contributed by atoms with Crippen LogP contribution in [0.1, 0.15) is 12.0 Å². The van der Waals surface area contributed by atoms with Crippen molar-refractivity contribution >= 4 is 5.84 Å². The highest BCUT2D eigenvalue weighted by Crippen LogP contribution is 2.32. The third kappa shape index (κ3) is 1.75. The van der Waals surface area contributed by atoms with Crippen molar-refractivity contribution in [3.8, 4) is 5.75 Å². The Balaban J connectivity index is 1.92. The number of ether oxygens (including phenoxy) is 1. The Morgan fingerprint density at radius 1 is 1.29 bits per heavy atom. The quantitative estimate of drug-likeness (QED) is 0.807. The Bertz CT molecular complexity index is 488. The first-order valence-corrected chi connectivity index (χ1v) is 5.67. The van der Waals surface area contributed by atoms with Crippen LogP contribution in [0, 0.1) is 11.6 Å². The van der Waals surface area contributed by atoms with Gasteiger partial charge in [-0.25, -0.2) is 8.78 Å².